The molecule has 0 fully saturated rings. The number of carbonyl (C=O) groups is 2. The third kappa shape index (κ3) is 6.38. The molecule has 0 aromatic heterocycles. The highest BCUT2D eigenvalue weighted by Gasteiger charge is 2.09. The maximum Gasteiger partial charge on any atom is 0.243 e. The van der Waals surface area contributed by atoms with Crippen molar-refractivity contribution < 1.29 is 14.3 Å². The highest BCUT2D eigenvalue weighted by molar-refractivity contribution is 5.81. The third-order valence-electron chi connectivity index (χ3n) is 1.57. The second kappa shape index (κ2) is 7.28. The monoisotopic (exact) mass is 203 g/mol. The highest BCUT2D eigenvalue weighted by atomic mass is 16.5. The fourth-order valence-corrected chi connectivity index (χ4v) is 0.736. The molecule has 0 aromatic carbocycles. The van der Waals surface area contributed by atoms with Crippen molar-refractivity contribution >= 4 is 11.8 Å². The van der Waals surface area contributed by atoms with Gasteiger partial charge in [-0.25, -0.2) is 0 Å². The van der Waals surface area contributed by atoms with Crippen molar-refractivity contribution in [1.29, 1.82) is 0 Å². The van der Waals surface area contributed by atoms with Crippen LogP contribution in [-0.2, 0) is 14.3 Å². The van der Waals surface area contributed by atoms with Crippen LogP contribution in [0, 0.1) is 0 Å². The van der Waals surface area contributed by atoms with Crippen LogP contribution in [0.4, 0.5) is 0 Å². The normalized spacial score (nSPS) is 12.1. The minimum absolute atomic E-state index is 0.129. The lowest BCUT2D eigenvalue weighted by Crippen LogP contribution is -2.41. The lowest BCUT2D eigenvalue weighted by atomic mass is 10.2. The van der Waals surface area contributed by atoms with Crippen LogP contribution in [0.15, 0.2) is 0 Å². The molecule has 0 aliphatic rings. The molecule has 0 saturated carbocycles. The van der Waals surface area contributed by atoms with Gasteiger partial charge in [-0.05, 0) is 6.42 Å². The van der Waals surface area contributed by atoms with Gasteiger partial charge in [-0.2, -0.15) is 0 Å². The number of amides is 2. The fourth-order valence-electron chi connectivity index (χ4n) is 0.736. The number of hydrogen-bond acceptors (Lipinski definition) is 4. The smallest absolute Gasteiger partial charge is 0.243 e. The number of nitrogens with one attached hydrogen (secondary N) is 1. The molecule has 0 bridgehead atoms. The summed E-state index contributed by atoms with van der Waals surface area (Å²) in [6.07, 6.45) is 0.591. The van der Waals surface area contributed by atoms with E-state index >= 15 is 0 Å². The summed E-state index contributed by atoms with van der Waals surface area (Å²) in [6, 6.07) is -0.480. The van der Waals surface area contributed by atoms with Crippen LogP contribution in [0.3, 0.4) is 0 Å². The molecule has 6 heteroatoms. The first-order valence-electron chi connectivity index (χ1n) is 4.47. The second-order valence-corrected chi connectivity index (χ2v) is 2.82. The first-order chi connectivity index (χ1) is 6.57. The van der Waals surface area contributed by atoms with E-state index in [9.17, 15) is 9.59 Å². The summed E-state index contributed by atoms with van der Waals surface area (Å²) < 4.78 is 4.83. The molecule has 1 atom stereocenters. The molecule has 0 aromatic rings. The van der Waals surface area contributed by atoms with Gasteiger partial charge in [-0.1, -0.05) is 6.92 Å². The standard InChI is InChI=1S/C8H17N3O3/c1-2-6(9)8(13)11-3-4-14-5-7(10)12/h6H,2-5,9H2,1H3,(H2,10,12)(H,11,13). The van der Waals surface area contributed by atoms with Crippen molar-refractivity contribution in [3.05, 3.63) is 0 Å². The molecule has 1 unspecified atom stereocenters. The van der Waals surface area contributed by atoms with Crippen LogP contribution in [-0.4, -0.2) is 37.6 Å². The Labute approximate surface area is 83.0 Å². The van der Waals surface area contributed by atoms with Crippen LogP contribution < -0.4 is 16.8 Å². The Morgan fingerprint density at radius 3 is 2.64 bits per heavy atom. The quantitative estimate of drug-likeness (QED) is 0.430. The van der Waals surface area contributed by atoms with E-state index in [2.05, 4.69) is 5.32 Å². The summed E-state index contributed by atoms with van der Waals surface area (Å²) in [5.41, 5.74) is 10.3. The van der Waals surface area contributed by atoms with Crippen molar-refractivity contribution in [1.82, 2.24) is 5.32 Å². The van der Waals surface area contributed by atoms with Gasteiger partial charge in [0.1, 0.15) is 6.61 Å². The molecular formula is C8H17N3O3. The van der Waals surface area contributed by atoms with Gasteiger partial charge in [0.15, 0.2) is 0 Å². The van der Waals surface area contributed by atoms with Crippen molar-refractivity contribution in [3.8, 4) is 0 Å². The lowest BCUT2D eigenvalue weighted by Gasteiger charge is -2.09. The van der Waals surface area contributed by atoms with Gasteiger partial charge in [-0.15, -0.1) is 0 Å². The van der Waals surface area contributed by atoms with E-state index in [0.29, 0.717) is 13.0 Å². The number of hydrogen-bond donors (Lipinski definition) is 3. The first kappa shape index (κ1) is 12.9. The zero-order chi connectivity index (χ0) is 11.0. The minimum Gasteiger partial charge on any atom is -0.370 e. The largest absolute Gasteiger partial charge is 0.370 e. The van der Waals surface area contributed by atoms with Crippen molar-refractivity contribution in [3.63, 3.8) is 0 Å². The second-order valence-electron chi connectivity index (χ2n) is 2.82. The van der Waals surface area contributed by atoms with E-state index in [1.165, 1.54) is 0 Å². The van der Waals surface area contributed by atoms with E-state index in [1.54, 1.807) is 0 Å². The topological polar surface area (TPSA) is 107 Å². The summed E-state index contributed by atoms with van der Waals surface area (Å²) in [5.74, 6) is -0.739. The van der Waals surface area contributed by atoms with E-state index < -0.39 is 11.9 Å². The summed E-state index contributed by atoms with van der Waals surface area (Å²) in [5, 5.41) is 2.57. The zero-order valence-corrected chi connectivity index (χ0v) is 8.29. The van der Waals surface area contributed by atoms with Gasteiger partial charge in [0.2, 0.25) is 11.8 Å². The van der Waals surface area contributed by atoms with Crippen molar-refractivity contribution in [2.45, 2.75) is 19.4 Å². The predicted octanol–water partition coefficient (Wildman–Crippen LogP) is -1.66. The van der Waals surface area contributed by atoms with Gasteiger partial charge in [0.25, 0.3) is 0 Å². The average Bonchev–Trinajstić information content (AvgIpc) is 2.15. The van der Waals surface area contributed by atoms with Gasteiger partial charge < -0.3 is 21.5 Å². The maximum absolute atomic E-state index is 11.1. The van der Waals surface area contributed by atoms with E-state index in [4.69, 9.17) is 16.2 Å². The summed E-state index contributed by atoms with van der Waals surface area (Å²) >= 11 is 0. The molecule has 0 spiro atoms. The van der Waals surface area contributed by atoms with Gasteiger partial charge in [0.05, 0.1) is 12.6 Å². The Kier molecular flexibility index (Phi) is 6.69. The predicted molar refractivity (Wildman–Crippen MR) is 51.3 cm³/mol. The molecule has 0 heterocycles. The Bertz CT molecular complexity index is 196. The number of nitrogens with two attached hydrogens (primary N) is 2. The molecule has 2 amide bonds. The minimum atomic E-state index is -0.526. The Hall–Kier alpha value is -1.14. The number of ether oxygens (including phenoxy) is 1. The van der Waals surface area contributed by atoms with Gasteiger partial charge in [-0.3, -0.25) is 9.59 Å². The van der Waals surface area contributed by atoms with Crippen LogP contribution >= 0.6 is 0 Å². The van der Waals surface area contributed by atoms with E-state index in [0.717, 1.165) is 0 Å². The lowest BCUT2D eigenvalue weighted by molar-refractivity contribution is -0.123. The molecule has 6 nitrogen and oxygen atoms in total. The number of rotatable bonds is 7. The highest BCUT2D eigenvalue weighted by Crippen LogP contribution is 1.84. The third-order valence-corrected chi connectivity index (χ3v) is 1.57. The maximum atomic E-state index is 11.1. The van der Waals surface area contributed by atoms with Crippen molar-refractivity contribution in [2.75, 3.05) is 19.8 Å². The molecule has 5 N–H and O–H groups in total. The molecule has 82 valence electrons. The number of primary amides is 1. The van der Waals surface area contributed by atoms with Crippen LogP contribution in [0.5, 0.6) is 0 Å². The Morgan fingerprint density at radius 1 is 1.50 bits per heavy atom. The first-order valence-corrected chi connectivity index (χ1v) is 4.47. The SMILES string of the molecule is CCC(N)C(=O)NCCOCC(N)=O. The van der Waals surface area contributed by atoms with Crippen LogP contribution in [0.25, 0.3) is 0 Å². The zero-order valence-electron chi connectivity index (χ0n) is 8.29. The number of carbonyl (C=O) groups excluding carboxylic acids is 2. The molecule has 14 heavy (non-hydrogen) atoms. The summed E-state index contributed by atoms with van der Waals surface area (Å²) in [6.45, 7) is 2.29. The molecule has 0 aliphatic carbocycles. The molecule has 0 aliphatic heterocycles. The van der Waals surface area contributed by atoms with Crippen LogP contribution in [0.2, 0.25) is 0 Å². The van der Waals surface area contributed by atoms with E-state index in [-0.39, 0.29) is 19.1 Å². The Morgan fingerprint density at radius 2 is 2.14 bits per heavy atom. The summed E-state index contributed by atoms with van der Waals surface area (Å²) in [4.78, 5) is 21.3. The average molecular weight is 203 g/mol. The molecular weight excluding hydrogens is 186 g/mol. The summed E-state index contributed by atoms with van der Waals surface area (Å²) in [7, 11) is 0. The molecule has 0 radical (unpaired) electrons. The Balaban J connectivity index is 3.36. The fraction of sp³-hybridized carbons (Fsp3) is 0.750. The van der Waals surface area contributed by atoms with Crippen molar-refractivity contribution in [2.24, 2.45) is 11.5 Å². The van der Waals surface area contributed by atoms with Crippen LogP contribution in [0.1, 0.15) is 13.3 Å². The molecule has 0 saturated heterocycles. The van der Waals surface area contributed by atoms with E-state index in [1.807, 2.05) is 6.92 Å². The molecule has 0 rings (SSSR count). The van der Waals surface area contributed by atoms with Gasteiger partial charge in [0, 0.05) is 6.54 Å². The van der Waals surface area contributed by atoms with Gasteiger partial charge >= 0.3 is 0 Å².